The predicted octanol–water partition coefficient (Wildman–Crippen LogP) is 5.28. The fourth-order valence-electron chi connectivity index (χ4n) is 2.59. The van der Waals surface area contributed by atoms with E-state index >= 15 is 0 Å². The van der Waals surface area contributed by atoms with E-state index in [0.717, 1.165) is 6.54 Å². The van der Waals surface area contributed by atoms with E-state index in [4.69, 9.17) is 0 Å². The zero-order valence-corrected chi connectivity index (χ0v) is 13.9. The summed E-state index contributed by atoms with van der Waals surface area (Å²) in [7, 11) is 0. The van der Waals surface area contributed by atoms with Crippen LogP contribution in [0.25, 0.3) is 0 Å². The van der Waals surface area contributed by atoms with Crippen LogP contribution in [0.4, 0.5) is 0 Å². The van der Waals surface area contributed by atoms with Gasteiger partial charge in [-0.2, -0.15) is 0 Å². The third-order valence-electron chi connectivity index (χ3n) is 4.20. The van der Waals surface area contributed by atoms with Crippen LogP contribution in [0.15, 0.2) is 42.5 Å². The molecule has 0 saturated heterocycles. The Labute approximate surface area is 129 Å². The van der Waals surface area contributed by atoms with Gasteiger partial charge >= 0.3 is 0 Å². The summed E-state index contributed by atoms with van der Waals surface area (Å²) in [5.41, 5.74) is 6.83. The van der Waals surface area contributed by atoms with Crippen molar-refractivity contribution in [3.63, 3.8) is 0 Å². The minimum absolute atomic E-state index is 0.368. The van der Waals surface area contributed by atoms with E-state index in [2.05, 4.69) is 82.4 Å². The van der Waals surface area contributed by atoms with Crippen LogP contribution >= 0.6 is 0 Å². The third kappa shape index (κ3) is 4.18. The number of nitrogens with one attached hydrogen (secondary N) is 1. The lowest BCUT2D eigenvalue weighted by atomic mass is 9.99. The summed E-state index contributed by atoms with van der Waals surface area (Å²) in [6.45, 7) is 11.9. The second kappa shape index (κ2) is 6.91. The van der Waals surface area contributed by atoms with Crippen LogP contribution < -0.4 is 5.32 Å². The highest BCUT2D eigenvalue weighted by Crippen LogP contribution is 2.19. The zero-order chi connectivity index (χ0) is 15.4. The highest BCUT2D eigenvalue weighted by atomic mass is 14.9. The van der Waals surface area contributed by atoms with Crippen LogP contribution in [0.5, 0.6) is 0 Å². The van der Waals surface area contributed by atoms with E-state index in [1.807, 2.05) is 0 Å². The second-order valence-corrected chi connectivity index (χ2v) is 6.35. The van der Waals surface area contributed by atoms with Crippen LogP contribution in [0.1, 0.15) is 60.5 Å². The number of hydrogen-bond acceptors (Lipinski definition) is 1. The normalized spacial score (nSPS) is 12.7. The molecule has 0 heterocycles. The number of hydrogen-bond donors (Lipinski definition) is 1. The molecule has 0 spiro atoms. The van der Waals surface area contributed by atoms with Gasteiger partial charge < -0.3 is 5.32 Å². The predicted molar refractivity (Wildman–Crippen MR) is 91.7 cm³/mol. The fourth-order valence-corrected chi connectivity index (χ4v) is 2.59. The van der Waals surface area contributed by atoms with Crippen LogP contribution in [0.2, 0.25) is 0 Å². The van der Waals surface area contributed by atoms with Gasteiger partial charge in [0, 0.05) is 12.6 Å². The molecule has 112 valence electrons. The van der Waals surface area contributed by atoms with Gasteiger partial charge in [-0.3, -0.25) is 0 Å². The smallest absolute Gasteiger partial charge is 0.0294 e. The molecule has 0 amide bonds. The van der Waals surface area contributed by atoms with Gasteiger partial charge in [0.25, 0.3) is 0 Å². The van der Waals surface area contributed by atoms with E-state index in [1.54, 1.807) is 0 Å². The first-order valence-electron chi connectivity index (χ1n) is 7.86. The maximum absolute atomic E-state index is 3.62. The van der Waals surface area contributed by atoms with Gasteiger partial charge in [0.1, 0.15) is 0 Å². The summed E-state index contributed by atoms with van der Waals surface area (Å²) in [6.07, 6.45) is 0. The van der Waals surface area contributed by atoms with Gasteiger partial charge in [-0.1, -0.05) is 61.9 Å². The van der Waals surface area contributed by atoms with Gasteiger partial charge in [-0.25, -0.2) is 0 Å². The zero-order valence-electron chi connectivity index (χ0n) is 13.9. The van der Waals surface area contributed by atoms with Gasteiger partial charge in [0.2, 0.25) is 0 Å². The molecular formula is C20H27N. The maximum atomic E-state index is 3.62. The standard InChI is InChI=1S/C20H27N/c1-14(2)18-8-10-19(11-9-18)17(5)21-13-20-7-6-15(3)12-16(20)4/h6-12,14,17,21H,13H2,1-5H3. The highest BCUT2D eigenvalue weighted by Gasteiger charge is 2.07. The molecule has 1 nitrogen and oxygen atoms in total. The molecule has 1 unspecified atom stereocenters. The molecule has 2 aromatic rings. The fraction of sp³-hybridized carbons (Fsp3) is 0.400. The van der Waals surface area contributed by atoms with Crippen molar-refractivity contribution in [1.29, 1.82) is 0 Å². The van der Waals surface area contributed by atoms with Crippen molar-refractivity contribution in [3.8, 4) is 0 Å². The van der Waals surface area contributed by atoms with Gasteiger partial charge in [-0.15, -0.1) is 0 Å². The molecule has 21 heavy (non-hydrogen) atoms. The van der Waals surface area contributed by atoms with Crippen LogP contribution in [-0.2, 0) is 6.54 Å². The topological polar surface area (TPSA) is 12.0 Å². The molecular weight excluding hydrogens is 254 g/mol. The molecule has 1 N–H and O–H groups in total. The Morgan fingerprint density at radius 3 is 2.05 bits per heavy atom. The van der Waals surface area contributed by atoms with Crippen molar-refractivity contribution in [2.75, 3.05) is 0 Å². The second-order valence-electron chi connectivity index (χ2n) is 6.35. The molecule has 1 atom stereocenters. The summed E-state index contributed by atoms with van der Waals surface area (Å²) in [5.74, 6) is 0.595. The SMILES string of the molecule is Cc1ccc(CNC(C)c2ccc(C(C)C)cc2)c(C)c1. The molecule has 0 radical (unpaired) electrons. The molecule has 0 bridgehead atoms. The molecule has 0 aliphatic rings. The number of aryl methyl sites for hydroxylation is 2. The largest absolute Gasteiger partial charge is 0.306 e. The van der Waals surface area contributed by atoms with Crippen molar-refractivity contribution < 1.29 is 0 Å². The van der Waals surface area contributed by atoms with Crippen molar-refractivity contribution in [1.82, 2.24) is 5.32 Å². The molecule has 2 aromatic carbocycles. The molecule has 0 saturated carbocycles. The maximum Gasteiger partial charge on any atom is 0.0294 e. The number of rotatable bonds is 5. The lowest BCUT2D eigenvalue weighted by molar-refractivity contribution is 0.573. The summed E-state index contributed by atoms with van der Waals surface area (Å²) in [4.78, 5) is 0. The Hall–Kier alpha value is -1.60. The van der Waals surface area contributed by atoms with E-state index < -0.39 is 0 Å². The molecule has 0 fully saturated rings. The average Bonchev–Trinajstić information content (AvgIpc) is 2.46. The van der Waals surface area contributed by atoms with Crippen LogP contribution in [0, 0.1) is 13.8 Å². The Bertz CT molecular complexity index is 581. The first-order valence-corrected chi connectivity index (χ1v) is 7.86. The molecule has 0 aliphatic heterocycles. The summed E-state index contributed by atoms with van der Waals surface area (Å²) < 4.78 is 0. The summed E-state index contributed by atoms with van der Waals surface area (Å²) >= 11 is 0. The van der Waals surface area contributed by atoms with E-state index in [9.17, 15) is 0 Å². The average molecular weight is 281 g/mol. The van der Waals surface area contributed by atoms with Crippen LogP contribution in [-0.4, -0.2) is 0 Å². The van der Waals surface area contributed by atoms with Gasteiger partial charge in [-0.05, 0) is 48.9 Å². The van der Waals surface area contributed by atoms with Crippen molar-refractivity contribution >= 4 is 0 Å². The third-order valence-corrected chi connectivity index (χ3v) is 4.20. The van der Waals surface area contributed by atoms with E-state index in [1.165, 1.54) is 27.8 Å². The van der Waals surface area contributed by atoms with E-state index in [0.29, 0.717) is 12.0 Å². The lowest BCUT2D eigenvalue weighted by Gasteiger charge is -2.16. The molecule has 0 aliphatic carbocycles. The minimum atomic E-state index is 0.368. The molecule has 0 aromatic heterocycles. The first-order chi connectivity index (χ1) is 9.97. The molecule has 1 heteroatoms. The highest BCUT2D eigenvalue weighted by molar-refractivity contribution is 5.31. The van der Waals surface area contributed by atoms with Crippen molar-refractivity contribution in [2.45, 2.75) is 53.1 Å². The van der Waals surface area contributed by atoms with Crippen molar-refractivity contribution in [3.05, 3.63) is 70.3 Å². The summed E-state index contributed by atoms with van der Waals surface area (Å²) in [5, 5.41) is 3.62. The first kappa shape index (κ1) is 15.8. The number of benzene rings is 2. The Balaban J connectivity index is 1.99. The Morgan fingerprint density at radius 2 is 1.48 bits per heavy atom. The monoisotopic (exact) mass is 281 g/mol. The Morgan fingerprint density at radius 1 is 0.857 bits per heavy atom. The molecule has 2 rings (SSSR count). The minimum Gasteiger partial charge on any atom is -0.306 e. The van der Waals surface area contributed by atoms with Crippen LogP contribution in [0.3, 0.4) is 0 Å². The Kier molecular flexibility index (Phi) is 5.19. The quantitative estimate of drug-likeness (QED) is 0.786. The van der Waals surface area contributed by atoms with Gasteiger partial charge in [0.15, 0.2) is 0 Å². The van der Waals surface area contributed by atoms with Gasteiger partial charge in [0.05, 0.1) is 0 Å². The van der Waals surface area contributed by atoms with Crippen molar-refractivity contribution in [2.24, 2.45) is 0 Å². The van der Waals surface area contributed by atoms with E-state index in [-0.39, 0.29) is 0 Å². The summed E-state index contributed by atoms with van der Waals surface area (Å²) in [6, 6.07) is 16.0. The lowest BCUT2D eigenvalue weighted by Crippen LogP contribution is -2.18.